The molecular weight excluding hydrogens is 432 g/mol. The third-order valence-corrected chi connectivity index (χ3v) is 5.68. The van der Waals surface area contributed by atoms with E-state index in [0.717, 1.165) is 32.1 Å². The Bertz CT molecular complexity index is 1050. The first-order valence-corrected chi connectivity index (χ1v) is 10.8. The quantitative estimate of drug-likeness (QED) is 0.353. The number of nitrogens with zero attached hydrogens (tertiary/aromatic N) is 1. The molecular formula is C23H26N2O8. The lowest BCUT2D eigenvalue weighted by Crippen LogP contribution is -2.40. The van der Waals surface area contributed by atoms with Gasteiger partial charge in [0.2, 0.25) is 0 Å². The predicted octanol–water partition coefficient (Wildman–Crippen LogP) is 4.31. The van der Waals surface area contributed by atoms with Crippen LogP contribution in [0.1, 0.15) is 42.5 Å². The zero-order valence-corrected chi connectivity index (χ0v) is 18.5. The van der Waals surface area contributed by atoms with E-state index in [-0.39, 0.29) is 23.7 Å². The Morgan fingerprint density at radius 2 is 1.82 bits per heavy atom. The SMILES string of the molecule is COCCOc1cc([N+](=O)[O-])c(C(=O)Nc2ccc3c(c2)OC2(CCCCC2)O3)cc1OC. The zero-order valence-electron chi connectivity index (χ0n) is 18.5. The van der Waals surface area contributed by atoms with Crippen molar-refractivity contribution < 1.29 is 33.4 Å². The van der Waals surface area contributed by atoms with E-state index in [1.165, 1.54) is 26.4 Å². The van der Waals surface area contributed by atoms with Gasteiger partial charge in [-0.25, -0.2) is 0 Å². The van der Waals surface area contributed by atoms with E-state index in [2.05, 4.69) is 5.32 Å². The molecule has 2 aromatic carbocycles. The molecule has 1 spiro atoms. The van der Waals surface area contributed by atoms with Crippen LogP contribution in [-0.2, 0) is 4.74 Å². The van der Waals surface area contributed by atoms with Gasteiger partial charge in [-0.1, -0.05) is 6.42 Å². The van der Waals surface area contributed by atoms with E-state index in [0.29, 0.717) is 23.8 Å². The number of methoxy groups -OCH3 is 2. The Balaban J connectivity index is 1.55. The number of hydrogen-bond donors (Lipinski definition) is 1. The van der Waals surface area contributed by atoms with Crippen molar-refractivity contribution >= 4 is 17.3 Å². The van der Waals surface area contributed by atoms with E-state index in [1.807, 2.05) is 0 Å². The molecule has 0 bridgehead atoms. The highest BCUT2D eigenvalue weighted by Gasteiger charge is 2.42. The van der Waals surface area contributed by atoms with Crippen LogP contribution in [0.4, 0.5) is 11.4 Å². The molecule has 2 aromatic rings. The van der Waals surface area contributed by atoms with Gasteiger partial charge in [0, 0.05) is 37.8 Å². The molecule has 1 heterocycles. The average Bonchev–Trinajstić information content (AvgIpc) is 3.15. The van der Waals surface area contributed by atoms with Gasteiger partial charge < -0.3 is 29.0 Å². The summed E-state index contributed by atoms with van der Waals surface area (Å²) >= 11 is 0. The number of ether oxygens (including phenoxy) is 5. The molecule has 0 atom stereocenters. The first kappa shape index (κ1) is 22.7. The topological polar surface area (TPSA) is 118 Å². The van der Waals surface area contributed by atoms with Crippen molar-refractivity contribution in [3.63, 3.8) is 0 Å². The number of anilines is 1. The standard InChI is InChI=1S/C23H26N2O8/c1-29-10-11-31-20-14-17(25(27)28)16(13-19(20)30-2)22(26)24-15-6-7-18-21(12-15)33-23(32-18)8-4-3-5-9-23/h6-7,12-14H,3-5,8-11H2,1-2H3,(H,24,26). The normalized spacial score (nSPS) is 15.8. The number of nitrogens with one attached hydrogen (secondary N) is 1. The van der Waals surface area contributed by atoms with Crippen LogP contribution in [0.5, 0.6) is 23.0 Å². The fourth-order valence-electron chi connectivity index (χ4n) is 4.05. The van der Waals surface area contributed by atoms with Crippen molar-refractivity contribution in [3.8, 4) is 23.0 Å². The van der Waals surface area contributed by atoms with Crippen molar-refractivity contribution in [2.75, 3.05) is 32.8 Å². The van der Waals surface area contributed by atoms with E-state index in [4.69, 9.17) is 23.7 Å². The summed E-state index contributed by atoms with van der Waals surface area (Å²) in [6, 6.07) is 7.54. The number of rotatable bonds is 8. The lowest BCUT2D eigenvalue weighted by Gasteiger charge is -2.31. The van der Waals surface area contributed by atoms with Crippen LogP contribution in [0, 0.1) is 10.1 Å². The second kappa shape index (κ2) is 9.53. The number of nitro benzene ring substituents is 1. The summed E-state index contributed by atoms with van der Waals surface area (Å²) < 4.78 is 27.8. The smallest absolute Gasteiger partial charge is 0.286 e. The second-order valence-corrected chi connectivity index (χ2v) is 7.91. The molecule has 0 saturated heterocycles. The highest BCUT2D eigenvalue weighted by Crippen LogP contribution is 2.46. The third kappa shape index (κ3) is 4.80. The summed E-state index contributed by atoms with van der Waals surface area (Å²) in [6.07, 6.45) is 4.86. The predicted molar refractivity (Wildman–Crippen MR) is 118 cm³/mol. The molecule has 176 valence electrons. The van der Waals surface area contributed by atoms with Crippen molar-refractivity contribution in [2.24, 2.45) is 0 Å². The van der Waals surface area contributed by atoms with Gasteiger partial charge in [-0.3, -0.25) is 14.9 Å². The van der Waals surface area contributed by atoms with Crippen LogP contribution in [0.15, 0.2) is 30.3 Å². The van der Waals surface area contributed by atoms with Gasteiger partial charge in [0.1, 0.15) is 12.2 Å². The molecule has 1 aliphatic carbocycles. The Morgan fingerprint density at radius 1 is 1.06 bits per heavy atom. The number of benzene rings is 2. The summed E-state index contributed by atoms with van der Waals surface area (Å²) in [6.45, 7) is 0.471. The molecule has 0 unspecified atom stereocenters. The van der Waals surface area contributed by atoms with Gasteiger partial charge in [-0.05, 0) is 25.0 Å². The highest BCUT2D eigenvalue weighted by molar-refractivity contribution is 6.07. The maximum atomic E-state index is 13.0. The first-order chi connectivity index (χ1) is 15.9. The molecule has 1 aliphatic heterocycles. The van der Waals surface area contributed by atoms with Crippen molar-refractivity contribution in [3.05, 3.63) is 46.0 Å². The molecule has 2 aliphatic rings. The fraction of sp³-hybridized carbons (Fsp3) is 0.435. The van der Waals surface area contributed by atoms with Crippen molar-refractivity contribution in [1.82, 2.24) is 0 Å². The molecule has 1 N–H and O–H groups in total. The van der Waals surface area contributed by atoms with Gasteiger partial charge in [0.15, 0.2) is 23.0 Å². The molecule has 0 aromatic heterocycles. The number of amides is 1. The van der Waals surface area contributed by atoms with Crippen LogP contribution >= 0.6 is 0 Å². The summed E-state index contributed by atoms with van der Waals surface area (Å²) in [4.78, 5) is 24.0. The van der Waals surface area contributed by atoms with Crippen LogP contribution < -0.4 is 24.3 Å². The van der Waals surface area contributed by atoms with Gasteiger partial charge in [0.25, 0.3) is 17.4 Å². The Kier molecular flexibility index (Phi) is 6.55. The largest absolute Gasteiger partial charge is 0.493 e. The molecule has 0 radical (unpaired) electrons. The van der Waals surface area contributed by atoms with Gasteiger partial charge >= 0.3 is 0 Å². The van der Waals surface area contributed by atoms with Gasteiger partial charge in [-0.2, -0.15) is 0 Å². The molecule has 1 fully saturated rings. The van der Waals surface area contributed by atoms with Crippen LogP contribution in [0.25, 0.3) is 0 Å². The number of fused-ring (bicyclic) bond motifs is 1. The Labute approximate surface area is 190 Å². The summed E-state index contributed by atoms with van der Waals surface area (Å²) in [7, 11) is 2.91. The molecule has 1 amide bonds. The third-order valence-electron chi connectivity index (χ3n) is 5.68. The van der Waals surface area contributed by atoms with E-state index < -0.39 is 22.3 Å². The molecule has 10 heteroatoms. The summed E-state index contributed by atoms with van der Waals surface area (Å²) in [5.74, 6) is 0.234. The fourth-order valence-corrected chi connectivity index (χ4v) is 4.05. The number of carbonyl (C=O) groups is 1. The van der Waals surface area contributed by atoms with E-state index >= 15 is 0 Å². The van der Waals surface area contributed by atoms with Gasteiger partial charge in [0.05, 0.1) is 24.7 Å². The van der Waals surface area contributed by atoms with Crippen LogP contribution in [0.3, 0.4) is 0 Å². The monoisotopic (exact) mass is 458 g/mol. The number of hydrogen-bond acceptors (Lipinski definition) is 8. The molecule has 10 nitrogen and oxygen atoms in total. The highest BCUT2D eigenvalue weighted by atomic mass is 16.7. The number of nitro groups is 1. The van der Waals surface area contributed by atoms with E-state index in [9.17, 15) is 14.9 Å². The Hall–Kier alpha value is -3.53. The lowest BCUT2D eigenvalue weighted by atomic mass is 9.94. The minimum Gasteiger partial charge on any atom is -0.493 e. The van der Waals surface area contributed by atoms with Crippen molar-refractivity contribution in [1.29, 1.82) is 0 Å². The van der Waals surface area contributed by atoms with Crippen LogP contribution in [0.2, 0.25) is 0 Å². The summed E-state index contributed by atoms with van der Waals surface area (Å²) in [5, 5.41) is 14.4. The van der Waals surface area contributed by atoms with Crippen molar-refractivity contribution in [2.45, 2.75) is 37.9 Å². The minimum absolute atomic E-state index is 0.152. The maximum absolute atomic E-state index is 13.0. The second-order valence-electron chi connectivity index (χ2n) is 7.91. The maximum Gasteiger partial charge on any atom is 0.286 e. The average molecular weight is 458 g/mol. The molecule has 1 saturated carbocycles. The lowest BCUT2D eigenvalue weighted by molar-refractivity contribution is -0.385. The minimum atomic E-state index is -0.658. The Morgan fingerprint density at radius 3 is 2.52 bits per heavy atom. The zero-order chi connectivity index (χ0) is 23.4. The molecule has 4 rings (SSSR count). The van der Waals surface area contributed by atoms with Crippen LogP contribution in [-0.4, -0.2) is 44.1 Å². The first-order valence-electron chi connectivity index (χ1n) is 10.8. The van der Waals surface area contributed by atoms with Gasteiger partial charge in [-0.15, -0.1) is 0 Å². The number of carbonyl (C=O) groups excluding carboxylic acids is 1. The van der Waals surface area contributed by atoms with E-state index in [1.54, 1.807) is 18.2 Å². The molecule has 33 heavy (non-hydrogen) atoms. The summed E-state index contributed by atoms with van der Waals surface area (Å²) in [5.41, 5.74) is -0.121.